The second kappa shape index (κ2) is 8.41. The van der Waals surface area contributed by atoms with Crippen LogP contribution in [0.2, 0.25) is 0 Å². The lowest BCUT2D eigenvalue weighted by atomic mass is 9.98. The molecule has 2 aliphatic rings. The zero-order valence-corrected chi connectivity index (χ0v) is 17.2. The van der Waals surface area contributed by atoms with E-state index in [2.05, 4.69) is 5.32 Å². The van der Waals surface area contributed by atoms with Gasteiger partial charge in [0.15, 0.2) is 0 Å². The topological polar surface area (TPSA) is 63.6 Å². The first-order valence-electron chi connectivity index (χ1n) is 10.4. The van der Waals surface area contributed by atoms with Crippen LogP contribution < -0.4 is 15.6 Å². The Kier molecular flexibility index (Phi) is 5.72. The minimum Gasteiger partial charge on any atom is -0.497 e. The summed E-state index contributed by atoms with van der Waals surface area (Å²) < 4.78 is 7.02. The molecule has 6 heteroatoms. The quantitative estimate of drug-likeness (QED) is 0.863. The predicted octanol–water partition coefficient (Wildman–Crippen LogP) is 2.36. The van der Waals surface area contributed by atoms with Crippen LogP contribution in [0.3, 0.4) is 0 Å². The number of methoxy groups -OCH3 is 1. The van der Waals surface area contributed by atoms with Crippen molar-refractivity contribution in [3.05, 3.63) is 63.1 Å². The highest BCUT2D eigenvalue weighted by molar-refractivity contribution is 5.95. The smallest absolute Gasteiger partial charge is 0.263 e. The Balaban J connectivity index is 1.56. The van der Waals surface area contributed by atoms with E-state index in [1.165, 1.54) is 5.56 Å². The number of aryl methyl sites for hydroxylation is 1. The van der Waals surface area contributed by atoms with Crippen LogP contribution in [0.4, 0.5) is 0 Å². The highest BCUT2D eigenvalue weighted by Gasteiger charge is 2.26. The van der Waals surface area contributed by atoms with E-state index < -0.39 is 0 Å². The zero-order valence-electron chi connectivity index (χ0n) is 17.2. The van der Waals surface area contributed by atoms with Crippen LogP contribution in [0.25, 0.3) is 0 Å². The van der Waals surface area contributed by atoms with Crippen LogP contribution in [0, 0.1) is 12.8 Å². The normalized spacial score (nSPS) is 19.0. The Labute approximate surface area is 171 Å². The van der Waals surface area contributed by atoms with Gasteiger partial charge in [0.2, 0.25) is 0 Å². The van der Waals surface area contributed by atoms with Gasteiger partial charge in [-0.3, -0.25) is 9.59 Å². The first-order chi connectivity index (χ1) is 14.1. The van der Waals surface area contributed by atoms with Crippen molar-refractivity contribution in [1.82, 2.24) is 14.8 Å². The maximum Gasteiger partial charge on any atom is 0.263 e. The molecule has 1 fully saturated rings. The summed E-state index contributed by atoms with van der Waals surface area (Å²) in [6.45, 7) is 5.62. The number of pyridine rings is 1. The molecule has 1 aromatic carbocycles. The van der Waals surface area contributed by atoms with Crippen molar-refractivity contribution < 1.29 is 9.53 Å². The molecular formula is C23H29N3O3. The molecule has 3 heterocycles. The van der Waals surface area contributed by atoms with Crippen LogP contribution in [-0.2, 0) is 19.5 Å². The zero-order chi connectivity index (χ0) is 20.4. The fourth-order valence-corrected chi connectivity index (χ4v) is 4.41. The van der Waals surface area contributed by atoms with E-state index in [1.807, 2.05) is 37.4 Å². The van der Waals surface area contributed by atoms with Crippen molar-refractivity contribution in [2.45, 2.75) is 39.3 Å². The lowest BCUT2D eigenvalue weighted by Gasteiger charge is -2.30. The van der Waals surface area contributed by atoms with Gasteiger partial charge in [-0.1, -0.05) is 6.07 Å². The molecule has 1 amide bonds. The number of ether oxygens (including phenoxy) is 1. The Hall–Kier alpha value is -2.60. The molecule has 0 spiro atoms. The highest BCUT2D eigenvalue weighted by Crippen LogP contribution is 2.25. The number of nitrogens with zero attached hydrogens (tertiary/aromatic N) is 2. The average molecular weight is 396 g/mol. The van der Waals surface area contributed by atoms with Gasteiger partial charge in [0, 0.05) is 25.8 Å². The summed E-state index contributed by atoms with van der Waals surface area (Å²) in [5.41, 5.74) is 3.22. The van der Waals surface area contributed by atoms with Crippen LogP contribution >= 0.6 is 0 Å². The molecule has 1 N–H and O–H groups in total. The maximum absolute atomic E-state index is 13.3. The van der Waals surface area contributed by atoms with E-state index in [9.17, 15) is 9.59 Å². The van der Waals surface area contributed by atoms with Gasteiger partial charge in [-0.05, 0) is 80.1 Å². The van der Waals surface area contributed by atoms with Crippen molar-refractivity contribution in [1.29, 1.82) is 0 Å². The number of hydrogen-bond acceptors (Lipinski definition) is 4. The molecule has 0 saturated carbocycles. The molecule has 1 unspecified atom stereocenters. The maximum atomic E-state index is 13.3. The standard InChI is InChI=1S/C23H29N3O3/c1-16-7-10-25(14-17-4-3-9-24-13-17)22(27)21(16)23(28)26-11-8-18-12-20(29-2)6-5-19(18)15-26/h5-7,10,12,17,24H,3-4,8-9,11,13-15H2,1-2H3. The third-order valence-electron chi connectivity index (χ3n) is 6.15. The summed E-state index contributed by atoms with van der Waals surface area (Å²) in [5, 5.41) is 3.39. The van der Waals surface area contributed by atoms with E-state index in [0.29, 0.717) is 31.1 Å². The van der Waals surface area contributed by atoms with Gasteiger partial charge in [0.1, 0.15) is 11.3 Å². The molecular weight excluding hydrogens is 366 g/mol. The van der Waals surface area contributed by atoms with Crippen molar-refractivity contribution in [2.24, 2.45) is 5.92 Å². The molecule has 0 radical (unpaired) electrons. The minimum atomic E-state index is -0.166. The van der Waals surface area contributed by atoms with Crippen LogP contribution in [0.5, 0.6) is 5.75 Å². The van der Waals surface area contributed by atoms with Crippen molar-refractivity contribution in [2.75, 3.05) is 26.7 Å². The largest absolute Gasteiger partial charge is 0.497 e. The van der Waals surface area contributed by atoms with Crippen molar-refractivity contribution in [3.8, 4) is 5.75 Å². The lowest BCUT2D eigenvalue weighted by Crippen LogP contribution is -2.41. The highest BCUT2D eigenvalue weighted by atomic mass is 16.5. The number of fused-ring (bicyclic) bond motifs is 1. The van der Waals surface area contributed by atoms with Gasteiger partial charge < -0.3 is 19.5 Å². The number of carbonyl (C=O) groups excluding carboxylic acids is 1. The summed E-state index contributed by atoms with van der Waals surface area (Å²) in [4.78, 5) is 28.2. The number of nitrogens with one attached hydrogen (secondary N) is 1. The summed E-state index contributed by atoms with van der Waals surface area (Å²) >= 11 is 0. The van der Waals surface area contributed by atoms with E-state index in [0.717, 1.165) is 49.2 Å². The van der Waals surface area contributed by atoms with Gasteiger partial charge in [0.25, 0.3) is 11.5 Å². The van der Waals surface area contributed by atoms with Gasteiger partial charge >= 0.3 is 0 Å². The average Bonchev–Trinajstić information content (AvgIpc) is 2.75. The van der Waals surface area contributed by atoms with Gasteiger partial charge in [-0.2, -0.15) is 0 Å². The van der Waals surface area contributed by atoms with Crippen LogP contribution in [0.15, 0.2) is 35.3 Å². The Morgan fingerprint density at radius 2 is 2.14 bits per heavy atom. The van der Waals surface area contributed by atoms with E-state index in [1.54, 1.807) is 16.6 Å². The second-order valence-corrected chi connectivity index (χ2v) is 8.15. The Morgan fingerprint density at radius 1 is 1.28 bits per heavy atom. The lowest BCUT2D eigenvalue weighted by molar-refractivity contribution is 0.0731. The van der Waals surface area contributed by atoms with Crippen LogP contribution in [0.1, 0.15) is 39.9 Å². The second-order valence-electron chi connectivity index (χ2n) is 8.15. The first-order valence-corrected chi connectivity index (χ1v) is 10.4. The molecule has 0 aliphatic carbocycles. The number of benzene rings is 1. The SMILES string of the molecule is COc1ccc2c(c1)CCN(C(=O)c1c(C)ccn(CC3CCCNC3)c1=O)C2. The molecule has 0 bridgehead atoms. The van der Waals surface area contributed by atoms with Gasteiger partial charge in [-0.25, -0.2) is 0 Å². The molecule has 2 aliphatic heterocycles. The monoisotopic (exact) mass is 395 g/mol. The van der Waals surface area contributed by atoms with E-state index in [-0.39, 0.29) is 11.5 Å². The Bertz CT molecular complexity index is 960. The minimum absolute atomic E-state index is 0.162. The number of hydrogen-bond donors (Lipinski definition) is 1. The molecule has 1 saturated heterocycles. The van der Waals surface area contributed by atoms with Gasteiger partial charge in [-0.15, -0.1) is 0 Å². The van der Waals surface area contributed by atoms with Crippen molar-refractivity contribution >= 4 is 5.91 Å². The Morgan fingerprint density at radius 3 is 2.90 bits per heavy atom. The van der Waals surface area contributed by atoms with Crippen LogP contribution in [-0.4, -0.2) is 42.1 Å². The van der Waals surface area contributed by atoms with Gasteiger partial charge in [0.05, 0.1) is 7.11 Å². The molecule has 154 valence electrons. The number of piperidine rings is 1. The number of carbonyl (C=O) groups is 1. The summed E-state index contributed by atoms with van der Waals surface area (Å²) in [6, 6.07) is 7.87. The third-order valence-corrected chi connectivity index (χ3v) is 6.15. The number of amides is 1. The summed E-state index contributed by atoms with van der Waals surface area (Å²) in [6.07, 6.45) is 4.85. The molecule has 4 rings (SSSR count). The van der Waals surface area contributed by atoms with E-state index >= 15 is 0 Å². The third kappa shape index (κ3) is 4.08. The summed E-state index contributed by atoms with van der Waals surface area (Å²) in [7, 11) is 1.66. The number of rotatable bonds is 4. The van der Waals surface area contributed by atoms with E-state index in [4.69, 9.17) is 4.74 Å². The first kappa shape index (κ1) is 19.7. The molecule has 6 nitrogen and oxygen atoms in total. The molecule has 29 heavy (non-hydrogen) atoms. The fourth-order valence-electron chi connectivity index (χ4n) is 4.41. The summed E-state index contributed by atoms with van der Waals surface area (Å²) in [5.74, 6) is 1.11. The molecule has 1 aromatic heterocycles. The molecule has 1 atom stereocenters. The number of aromatic nitrogens is 1. The van der Waals surface area contributed by atoms with Crippen molar-refractivity contribution in [3.63, 3.8) is 0 Å². The predicted molar refractivity (Wildman–Crippen MR) is 112 cm³/mol. The fraction of sp³-hybridized carbons (Fsp3) is 0.478. The molecule has 2 aromatic rings.